The zero-order chi connectivity index (χ0) is 18.6. The van der Waals surface area contributed by atoms with E-state index in [1.54, 1.807) is 11.8 Å². The maximum Gasteiger partial charge on any atom is 0.320 e. The van der Waals surface area contributed by atoms with E-state index in [2.05, 4.69) is 27.9 Å². The Morgan fingerprint density at radius 1 is 1.23 bits per heavy atom. The molecule has 1 aromatic heterocycles. The van der Waals surface area contributed by atoms with Crippen molar-refractivity contribution in [1.82, 2.24) is 15.1 Å². The summed E-state index contributed by atoms with van der Waals surface area (Å²) in [5.74, 6) is 1.55. The number of benzene rings is 1. The van der Waals surface area contributed by atoms with Gasteiger partial charge in [-0.3, -0.25) is 10.00 Å². The molecule has 2 aromatic rings. The standard InChI is InChI=1S/C20H28N4O2/c1-15-13-18(24(2)23-15)22-19(25)21-14-20(11-5-4-6-12-20)16-7-9-17(26-3)10-8-16/h7-10,13H,4-6,11-12,14H2,1-3H3,(H2,21,22,25). The zero-order valence-electron chi connectivity index (χ0n) is 15.8. The van der Waals surface area contributed by atoms with Crippen molar-refractivity contribution >= 4 is 11.8 Å². The molecule has 1 saturated carbocycles. The van der Waals surface area contributed by atoms with Crippen LogP contribution in [0.15, 0.2) is 30.3 Å². The van der Waals surface area contributed by atoms with Gasteiger partial charge >= 0.3 is 6.03 Å². The summed E-state index contributed by atoms with van der Waals surface area (Å²) in [5, 5.41) is 10.2. The Balaban J connectivity index is 1.70. The molecule has 1 heterocycles. The van der Waals surface area contributed by atoms with Gasteiger partial charge in [-0.15, -0.1) is 0 Å². The second-order valence-corrected chi connectivity index (χ2v) is 7.17. The Kier molecular flexibility index (Phi) is 5.49. The number of hydrogen-bond donors (Lipinski definition) is 2. The second kappa shape index (κ2) is 7.81. The van der Waals surface area contributed by atoms with Gasteiger partial charge < -0.3 is 10.1 Å². The number of methoxy groups -OCH3 is 1. The van der Waals surface area contributed by atoms with Crippen LogP contribution < -0.4 is 15.4 Å². The first-order valence-electron chi connectivity index (χ1n) is 9.22. The molecule has 2 amide bonds. The summed E-state index contributed by atoms with van der Waals surface area (Å²) in [7, 11) is 3.50. The van der Waals surface area contributed by atoms with E-state index in [1.165, 1.54) is 24.8 Å². The van der Waals surface area contributed by atoms with Crippen LogP contribution in [0.4, 0.5) is 10.6 Å². The van der Waals surface area contributed by atoms with Gasteiger partial charge in [0, 0.05) is 25.1 Å². The predicted octanol–water partition coefficient (Wildman–Crippen LogP) is 3.76. The van der Waals surface area contributed by atoms with E-state index in [9.17, 15) is 4.79 Å². The summed E-state index contributed by atoms with van der Waals surface area (Å²) in [6.45, 7) is 2.53. The van der Waals surface area contributed by atoms with Gasteiger partial charge in [0.05, 0.1) is 12.8 Å². The molecular weight excluding hydrogens is 328 g/mol. The third-order valence-electron chi connectivity index (χ3n) is 5.34. The Hall–Kier alpha value is -2.50. The molecule has 1 aromatic carbocycles. The van der Waals surface area contributed by atoms with Gasteiger partial charge in [0.25, 0.3) is 0 Å². The minimum Gasteiger partial charge on any atom is -0.497 e. The van der Waals surface area contributed by atoms with Crippen molar-refractivity contribution in [2.75, 3.05) is 19.0 Å². The van der Waals surface area contributed by atoms with E-state index in [1.807, 2.05) is 32.2 Å². The van der Waals surface area contributed by atoms with Gasteiger partial charge in [0.1, 0.15) is 11.6 Å². The van der Waals surface area contributed by atoms with Gasteiger partial charge in [0.15, 0.2) is 0 Å². The SMILES string of the molecule is COc1ccc(C2(CNC(=O)Nc3cc(C)nn3C)CCCCC2)cc1. The molecule has 1 aliphatic rings. The average molecular weight is 356 g/mol. The normalized spacial score (nSPS) is 16.1. The monoisotopic (exact) mass is 356 g/mol. The fourth-order valence-corrected chi connectivity index (χ4v) is 3.88. The molecule has 6 heteroatoms. The van der Waals surface area contributed by atoms with E-state index in [4.69, 9.17) is 4.74 Å². The molecule has 0 spiro atoms. The van der Waals surface area contributed by atoms with Crippen LogP contribution in [0.5, 0.6) is 5.75 Å². The molecular formula is C20H28N4O2. The number of ether oxygens (including phenoxy) is 1. The molecule has 0 unspecified atom stereocenters. The second-order valence-electron chi connectivity index (χ2n) is 7.17. The highest BCUT2D eigenvalue weighted by Gasteiger charge is 2.34. The van der Waals surface area contributed by atoms with Gasteiger partial charge in [-0.1, -0.05) is 31.4 Å². The number of carbonyl (C=O) groups excluding carboxylic acids is 1. The number of anilines is 1. The van der Waals surface area contributed by atoms with E-state index < -0.39 is 0 Å². The van der Waals surface area contributed by atoms with Crippen LogP contribution in [-0.4, -0.2) is 29.5 Å². The summed E-state index contributed by atoms with van der Waals surface area (Å²) >= 11 is 0. The Labute approximate surface area is 154 Å². The molecule has 0 radical (unpaired) electrons. The molecule has 0 atom stereocenters. The van der Waals surface area contributed by atoms with E-state index in [0.717, 1.165) is 24.3 Å². The summed E-state index contributed by atoms with van der Waals surface area (Å²) < 4.78 is 6.95. The molecule has 0 saturated heterocycles. The summed E-state index contributed by atoms with van der Waals surface area (Å²) in [6.07, 6.45) is 5.82. The minimum atomic E-state index is -0.188. The van der Waals surface area contributed by atoms with Crippen molar-refractivity contribution in [3.8, 4) is 5.75 Å². The van der Waals surface area contributed by atoms with Crippen LogP contribution in [-0.2, 0) is 12.5 Å². The number of nitrogens with zero attached hydrogens (tertiary/aromatic N) is 2. The van der Waals surface area contributed by atoms with Gasteiger partial charge in [-0.25, -0.2) is 4.79 Å². The maximum absolute atomic E-state index is 12.4. The van der Waals surface area contributed by atoms with Crippen LogP contribution in [0.2, 0.25) is 0 Å². The lowest BCUT2D eigenvalue weighted by atomic mass is 9.69. The van der Waals surface area contributed by atoms with E-state index in [-0.39, 0.29) is 11.4 Å². The van der Waals surface area contributed by atoms with Gasteiger partial charge in [-0.05, 0) is 37.5 Å². The first-order chi connectivity index (χ1) is 12.5. The molecule has 140 valence electrons. The Morgan fingerprint density at radius 2 is 1.92 bits per heavy atom. The van der Waals surface area contributed by atoms with E-state index >= 15 is 0 Å². The van der Waals surface area contributed by atoms with E-state index in [0.29, 0.717) is 12.4 Å². The van der Waals surface area contributed by atoms with Crippen molar-refractivity contribution in [3.05, 3.63) is 41.6 Å². The van der Waals surface area contributed by atoms with Crippen molar-refractivity contribution < 1.29 is 9.53 Å². The lowest BCUT2D eigenvalue weighted by Crippen LogP contribution is -2.43. The largest absolute Gasteiger partial charge is 0.497 e. The van der Waals surface area contributed by atoms with Crippen LogP contribution in [0.1, 0.15) is 43.4 Å². The molecule has 2 N–H and O–H groups in total. The lowest BCUT2D eigenvalue weighted by molar-refractivity contribution is 0.239. The molecule has 1 aliphatic carbocycles. The first-order valence-corrected chi connectivity index (χ1v) is 9.22. The smallest absolute Gasteiger partial charge is 0.320 e. The van der Waals surface area contributed by atoms with Crippen molar-refractivity contribution in [2.45, 2.75) is 44.4 Å². The fraction of sp³-hybridized carbons (Fsp3) is 0.500. The van der Waals surface area contributed by atoms with Crippen molar-refractivity contribution in [3.63, 3.8) is 0 Å². The van der Waals surface area contributed by atoms with Gasteiger partial charge in [-0.2, -0.15) is 5.10 Å². The number of hydrogen-bond acceptors (Lipinski definition) is 3. The zero-order valence-corrected chi connectivity index (χ0v) is 15.8. The third kappa shape index (κ3) is 4.00. The maximum atomic E-state index is 12.4. The molecule has 0 aliphatic heterocycles. The Bertz CT molecular complexity index is 746. The number of nitrogens with one attached hydrogen (secondary N) is 2. The molecule has 3 rings (SSSR count). The molecule has 26 heavy (non-hydrogen) atoms. The van der Waals surface area contributed by atoms with Gasteiger partial charge in [0.2, 0.25) is 0 Å². The molecule has 0 bridgehead atoms. The van der Waals surface area contributed by atoms with Crippen molar-refractivity contribution in [2.24, 2.45) is 7.05 Å². The number of urea groups is 1. The van der Waals surface area contributed by atoms with Crippen LogP contribution in [0.25, 0.3) is 0 Å². The summed E-state index contributed by atoms with van der Waals surface area (Å²) in [6, 6.07) is 9.95. The first kappa shape index (κ1) is 18.3. The fourth-order valence-electron chi connectivity index (χ4n) is 3.88. The van der Waals surface area contributed by atoms with Crippen LogP contribution in [0, 0.1) is 6.92 Å². The quantitative estimate of drug-likeness (QED) is 0.857. The highest BCUT2D eigenvalue weighted by molar-refractivity contribution is 5.88. The number of carbonyl (C=O) groups is 1. The average Bonchev–Trinajstić information content (AvgIpc) is 2.98. The molecule has 1 fully saturated rings. The van der Waals surface area contributed by atoms with Crippen LogP contribution in [0.3, 0.4) is 0 Å². The summed E-state index contributed by atoms with van der Waals surface area (Å²) in [4.78, 5) is 12.4. The third-order valence-corrected chi connectivity index (χ3v) is 5.34. The highest BCUT2D eigenvalue weighted by Crippen LogP contribution is 2.39. The Morgan fingerprint density at radius 3 is 2.50 bits per heavy atom. The predicted molar refractivity (Wildman–Crippen MR) is 103 cm³/mol. The number of rotatable bonds is 5. The van der Waals surface area contributed by atoms with Crippen molar-refractivity contribution in [1.29, 1.82) is 0 Å². The van der Waals surface area contributed by atoms with Crippen LogP contribution >= 0.6 is 0 Å². The number of amides is 2. The molecule has 6 nitrogen and oxygen atoms in total. The minimum absolute atomic E-state index is 0.00969. The topological polar surface area (TPSA) is 68.2 Å². The highest BCUT2D eigenvalue weighted by atomic mass is 16.5. The number of aryl methyl sites for hydroxylation is 2. The summed E-state index contributed by atoms with van der Waals surface area (Å²) in [5.41, 5.74) is 2.14. The lowest BCUT2D eigenvalue weighted by Gasteiger charge is -2.38. The number of aromatic nitrogens is 2.